The molecule has 0 saturated carbocycles. The summed E-state index contributed by atoms with van der Waals surface area (Å²) in [6, 6.07) is 0. The molecule has 1 aliphatic rings. The molecule has 108 valence electrons. The van der Waals surface area contributed by atoms with Gasteiger partial charge in [0.2, 0.25) is 5.91 Å². The smallest absolute Gasteiger partial charge is 0.222 e. The van der Waals surface area contributed by atoms with Crippen molar-refractivity contribution in [2.45, 2.75) is 31.8 Å². The van der Waals surface area contributed by atoms with Crippen molar-refractivity contribution in [1.82, 2.24) is 10.6 Å². The molecule has 0 spiro atoms. The highest BCUT2D eigenvalue weighted by Gasteiger charge is 2.16. The number of hydrogen-bond donors (Lipinski definition) is 2. The highest BCUT2D eigenvalue weighted by Crippen LogP contribution is 2.15. The maximum Gasteiger partial charge on any atom is 0.222 e. The molecule has 0 radical (unpaired) electrons. The number of ether oxygens (including phenoxy) is 2. The summed E-state index contributed by atoms with van der Waals surface area (Å²) in [7, 11) is 1.67. The Morgan fingerprint density at radius 1 is 1.33 bits per heavy atom. The van der Waals surface area contributed by atoms with Gasteiger partial charge in [-0.1, -0.05) is 0 Å². The molecule has 0 bridgehead atoms. The predicted octanol–water partition coefficient (Wildman–Crippen LogP) is 0.720. The second-order valence-electron chi connectivity index (χ2n) is 4.29. The van der Waals surface area contributed by atoms with Gasteiger partial charge in [0.1, 0.15) is 0 Å². The molecule has 0 aromatic carbocycles. The zero-order chi connectivity index (χ0) is 12.3. The van der Waals surface area contributed by atoms with Gasteiger partial charge in [-0.3, -0.25) is 4.79 Å². The summed E-state index contributed by atoms with van der Waals surface area (Å²) in [6.07, 6.45) is 3.94. The van der Waals surface area contributed by atoms with Crippen LogP contribution in [0.2, 0.25) is 0 Å². The van der Waals surface area contributed by atoms with Crippen LogP contribution in [0.4, 0.5) is 0 Å². The van der Waals surface area contributed by atoms with Crippen LogP contribution < -0.4 is 10.6 Å². The zero-order valence-corrected chi connectivity index (χ0v) is 11.9. The largest absolute Gasteiger partial charge is 0.383 e. The number of rotatable bonds is 8. The van der Waals surface area contributed by atoms with Crippen molar-refractivity contribution in [2.75, 3.05) is 40.0 Å². The standard InChI is InChI=1S/C12H24N2O3.ClH/c1-16-9-7-13-5-6-14-12(15)10-11-4-2-3-8-17-11;/h11,13H,2-10H2,1H3,(H,14,15);1H. The minimum atomic E-state index is 0. The lowest BCUT2D eigenvalue weighted by molar-refractivity contribution is -0.124. The lowest BCUT2D eigenvalue weighted by Crippen LogP contribution is -2.35. The van der Waals surface area contributed by atoms with E-state index in [9.17, 15) is 4.79 Å². The molecule has 1 unspecified atom stereocenters. The van der Waals surface area contributed by atoms with Gasteiger partial charge in [-0.05, 0) is 19.3 Å². The van der Waals surface area contributed by atoms with Crippen LogP contribution in [0.15, 0.2) is 0 Å². The Labute approximate surface area is 115 Å². The first-order chi connectivity index (χ1) is 8.33. The predicted molar refractivity (Wildman–Crippen MR) is 73.2 cm³/mol. The Balaban J connectivity index is 0.00000289. The zero-order valence-electron chi connectivity index (χ0n) is 11.1. The number of carbonyl (C=O) groups excluding carboxylic acids is 1. The summed E-state index contributed by atoms with van der Waals surface area (Å²) in [5.41, 5.74) is 0. The molecule has 6 heteroatoms. The van der Waals surface area contributed by atoms with Crippen LogP contribution in [-0.4, -0.2) is 52.0 Å². The molecule has 2 N–H and O–H groups in total. The number of amides is 1. The number of carbonyl (C=O) groups is 1. The van der Waals surface area contributed by atoms with Crippen molar-refractivity contribution in [3.63, 3.8) is 0 Å². The van der Waals surface area contributed by atoms with E-state index in [0.29, 0.717) is 19.6 Å². The average Bonchev–Trinajstić information content (AvgIpc) is 2.35. The van der Waals surface area contributed by atoms with E-state index >= 15 is 0 Å². The van der Waals surface area contributed by atoms with E-state index < -0.39 is 0 Å². The van der Waals surface area contributed by atoms with Gasteiger partial charge in [0.05, 0.1) is 19.1 Å². The van der Waals surface area contributed by atoms with E-state index in [-0.39, 0.29) is 24.4 Å². The summed E-state index contributed by atoms with van der Waals surface area (Å²) < 4.78 is 10.4. The van der Waals surface area contributed by atoms with Crippen molar-refractivity contribution in [1.29, 1.82) is 0 Å². The Kier molecular flexibility index (Phi) is 11.5. The second kappa shape index (κ2) is 11.7. The van der Waals surface area contributed by atoms with Crippen LogP contribution in [-0.2, 0) is 14.3 Å². The third-order valence-electron chi connectivity index (χ3n) is 2.79. The quantitative estimate of drug-likeness (QED) is 0.643. The van der Waals surface area contributed by atoms with Crippen molar-refractivity contribution in [2.24, 2.45) is 0 Å². The first kappa shape index (κ1) is 17.6. The van der Waals surface area contributed by atoms with Gasteiger partial charge >= 0.3 is 0 Å². The molecule has 1 heterocycles. The van der Waals surface area contributed by atoms with Crippen molar-refractivity contribution >= 4 is 18.3 Å². The topological polar surface area (TPSA) is 59.6 Å². The first-order valence-electron chi connectivity index (χ1n) is 6.41. The average molecular weight is 281 g/mol. The van der Waals surface area contributed by atoms with E-state index in [1.165, 1.54) is 6.42 Å². The number of hydrogen-bond acceptors (Lipinski definition) is 4. The van der Waals surface area contributed by atoms with Crippen LogP contribution in [0.5, 0.6) is 0 Å². The third kappa shape index (κ3) is 8.69. The Morgan fingerprint density at radius 3 is 2.83 bits per heavy atom. The second-order valence-corrected chi connectivity index (χ2v) is 4.29. The SMILES string of the molecule is COCCNCCNC(=O)CC1CCCCO1.Cl. The molecule has 1 amide bonds. The van der Waals surface area contributed by atoms with Gasteiger partial charge in [0.25, 0.3) is 0 Å². The van der Waals surface area contributed by atoms with E-state index in [2.05, 4.69) is 10.6 Å². The Hall–Kier alpha value is -0.360. The molecule has 0 aliphatic carbocycles. The summed E-state index contributed by atoms with van der Waals surface area (Å²) >= 11 is 0. The van der Waals surface area contributed by atoms with Gasteiger partial charge in [-0.25, -0.2) is 0 Å². The lowest BCUT2D eigenvalue weighted by Gasteiger charge is -2.21. The number of halogens is 1. The van der Waals surface area contributed by atoms with Crippen molar-refractivity contribution in [3.05, 3.63) is 0 Å². The third-order valence-corrected chi connectivity index (χ3v) is 2.79. The maximum absolute atomic E-state index is 11.6. The molecule has 5 nitrogen and oxygen atoms in total. The highest BCUT2D eigenvalue weighted by atomic mass is 35.5. The van der Waals surface area contributed by atoms with Gasteiger partial charge in [-0.15, -0.1) is 12.4 Å². The minimum Gasteiger partial charge on any atom is -0.383 e. The van der Waals surface area contributed by atoms with E-state index in [1.54, 1.807) is 7.11 Å². The van der Waals surface area contributed by atoms with E-state index in [4.69, 9.17) is 9.47 Å². The fourth-order valence-corrected chi connectivity index (χ4v) is 1.84. The summed E-state index contributed by atoms with van der Waals surface area (Å²) in [5.74, 6) is 0.0884. The molecule has 18 heavy (non-hydrogen) atoms. The van der Waals surface area contributed by atoms with Gasteiger partial charge in [0, 0.05) is 33.4 Å². The number of methoxy groups -OCH3 is 1. The first-order valence-corrected chi connectivity index (χ1v) is 6.41. The van der Waals surface area contributed by atoms with Crippen molar-refractivity contribution < 1.29 is 14.3 Å². The summed E-state index contributed by atoms with van der Waals surface area (Å²) in [6.45, 7) is 3.76. The van der Waals surface area contributed by atoms with Gasteiger partial charge in [0.15, 0.2) is 0 Å². The van der Waals surface area contributed by atoms with E-state index in [1.807, 2.05) is 0 Å². The normalized spacial score (nSPS) is 19.1. The molecular formula is C12H25ClN2O3. The molecule has 1 aliphatic heterocycles. The van der Waals surface area contributed by atoms with Gasteiger partial charge < -0.3 is 20.1 Å². The molecule has 0 aromatic rings. The number of nitrogens with one attached hydrogen (secondary N) is 2. The monoisotopic (exact) mass is 280 g/mol. The molecule has 1 fully saturated rings. The fraction of sp³-hybridized carbons (Fsp3) is 0.917. The molecule has 1 rings (SSSR count). The van der Waals surface area contributed by atoms with Crippen LogP contribution in [0.1, 0.15) is 25.7 Å². The molecule has 1 atom stereocenters. The molecule has 1 saturated heterocycles. The molecular weight excluding hydrogens is 256 g/mol. The summed E-state index contributed by atoms with van der Waals surface area (Å²) in [5, 5.41) is 6.06. The summed E-state index contributed by atoms with van der Waals surface area (Å²) in [4.78, 5) is 11.6. The Bertz CT molecular complexity index is 211. The van der Waals surface area contributed by atoms with Crippen LogP contribution >= 0.6 is 12.4 Å². The minimum absolute atomic E-state index is 0. The maximum atomic E-state index is 11.6. The highest BCUT2D eigenvalue weighted by molar-refractivity contribution is 5.85. The van der Waals surface area contributed by atoms with E-state index in [0.717, 1.165) is 32.5 Å². The van der Waals surface area contributed by atoms with Gasteiger partial charge in [-0.2, -0.15) is 0 Å². The van der Waals surface area contributed by atoms with Crippen LogP contribution in [0.3, 0.4) is 0 Å². The van der Waals surface area contributed by atoms with Crippen molar-refractivity contribution in [3.8, 4) is 0 Å². The van der Waals surface area contributed by atoms with Crippen LogP contribution in [0, 0.1) is 0 Å². The molecule has 0 aromatic heterocycles. The lowest BCUT2D eigenvalue weighted by atomic mass is 10.1. The van der Waals surface area contributed by atoms with Crippen LogP contribution in [0.25, 0.3) is 0 Å². The fourth-order valence-electron chi connectivity index (χ4n) is 1.84. The Morgan fingerprint density at radius 2 is 2.17 bits per heavy atom.